The Hall–Kier alpha value is -1.46. The molecule has 1 unspecified atom stereocenters. The number of nitro benzene ring substituents is 1. The van der Waals surface area contributed by atoms with E-state index in [0.29, 0.717) is 6.61 Å². The van der Waals surface area contributed by atoms with Gasteiger partial charge in [0.1, 0.15) is 0 Å². The van der Waals surface area contributed by atoms with Gasteiger partial charge in [-0.1, -0.05) is 12.1 Å². The summed E-state index contributed by atoms with van der Waals surface area (Å²) in [5.74, 6) is 0. The van der Waals surface area contributed by atoms with Crippen LogP contribution in [0.25, 0.3) is 0 Å². The summed E-state index contributed by atoms with van der Waals surface area (Å²) in [5, 5.41) is 14.0. The lowest BCUT2D eigenvalue weighted by Crippen LogP contribution is -2.30. The van der Waals surface area contributed by atoms with E-state index in [1.165, 1.54) is 0 Å². The predicted octanol–water partition coefficient (Wildman–Crippen LogP) is 2.07. The summed E-state index contributed by atoms with van der Waals surface area (Å²) in [6.07, 6.45) is 1.70. The van der Waals surface area contributed by atoms with Gasteiger partial charge in [0.2, 0.25) is 0 Å². The highest BCUT2D eigenvalue weighted by Crippen LogP contribution is 2.22. The van der Waals surface area contributed by atoms with Gasteiger partial charge in [0.05, 0.1) is 11.5 Å². The van der Waals surface area contributed by atoms with Crippen LogP contribution in [0.3, 0.4) is 0 Å². The van der Waals surface area contributed by atoms with E-state index in [1.54, 1.807) is 26.2 Å². The van der Waals surface area contributed by atoms with Crippen molar-refractivity contribution in [2.24, 2.45) is 0 Å². The Kier molecular flexibility index (Phi) is 5.74. The lowest BCUT2D eigenvalue weighted by atomic mass is 10.00. The molecule has 5 nitrogen and oxygen atoms in total. The third-order valence-corrected chi connectivity index (χ3v) is 3.15. The lowest BCUT2D eigenvalue weighted by molar-refractivity contribution is -0.385. The number of ether oxygens (including phenoxy) is 1. The fourth-order valence-corrected chi connectivity index (χ4v) is 1.98. The molecule has 0 saturated heterocycles. The summed E-state index contributed by atoms with van der Waals surface area (Å²) in [7, 11) is 3.56. The van der Waals surface area contributed by atoms with Gasteiger partial charge < -0.3 is 10.1 Å². The van der Waals surface area contributed by atoms with E-state index in [4.69, 9.17) is 4.74 Å². The molecule has 1 aromatic rings. The highest BCUT2D eigenvalue weighted by atomic mass is 16.6. The van der Waals surface area contributed by atoms with E-state index in [1.807, 2.05) is 13.1 Å². The second kappa shape index (κ2) is 7.08. The number of rotatable bonds is 7. The largest absolute Gasteiger partial charge is 0.383 e. The molecular weight excluding hydrogens is 232 g/mol. The maximum atomic E-state index is 10.8. The van der Waals surface area contributed by atoms with Crippen LogP contribution in [0.4, 0.5) is 5.69 Å². The zero-order valence-electron chi connectivity index (χ0n) is 11.1. The first kappa shape index (κ1) is 14.6. The number of hydrogen-bond acceptors (Lipinski definition) is 4. The molecule has 1 N–H and O–H groups in total. The molecule has 0 heterocycles. The summed E-state index contributed by atoms with van der Waals surface area (Å²) in [6, 6.07) is 5.50. The van der Waals surface area contributed by atoms with Crippen LogP contribution in [0.5, 0.6) is 0 Å². The van der Waals surface area contributed by atoms with Gasteiger partial charge in [-0.3, -0.25) is 10.1 Å². The Morgan fingerprint density at radius 3 is 2.78 bits per heavy atom. The molecule has 1 rings (SSSR count). The third kappa shape index (κ3) is 3.78. The number of nitro groups is 1. The number of likely N-dealkylation sites (N-methyl/N-ethyl adjacent to an activating group) is 1. The predicted molar refractivity (Wildman–Crippen MR) is 70.9 cm³/mol. The van der Waals surface area contributed by atoms with Gasteiger partial charge in [-0.2, -0.15) is 0 Å². The SMILES string of the molecule is CNC(CCc1cccc([N+](=O)[O-])c1C)COC. The molecule has 0 aliphatic rings. The number of hydrogen-bond donors (Lipinski definition) is 1. The van der Waals surface area contributed by atoms with Crippen LogP contribution in [-0.4, -0.2) is 31.7 Å². The molecule has 0 aromatic heterocycles. The molecular formula is C13H20N2O3. The topological polar surface area (TPSA) is 64.4 Å². The smallest absolute Gasteiger partial charge is 0.272 e. The Labute approximate surface area is 107 Å². The minimum Gasteiger partial charge on any atom is -0.383 e. The van der Waals surface area contributed by atoms with Crippen molar-refractivity contribution in [2.75, 3.05) is 20.8 Å². The molecule has 1 aromatic carbocycles. The van der Waals surface area contributed by atoms with Crippen LogP contribution in [0.15, 0.2) is 18.2 Å². The third-order valence-electron chi connectivity index (χ3n) is 3.15. The number of aryl methyl sites for hydroxylation is 1. The van der Waals surface area contributed by atoms with Crippen LogP contribution in [0.1, 0.15) is 17.5 Å². The standard InChI is InChI=1S/C13H20N2O3/c1-10-11(5-4-6-13(10)15(16)17)7-8-12(14-2)9-18-3/h4-6,12,14H,7-9H2,1-3H3. The van der Waals surface area contributed by atoms with E-state index in [2.05, 4.69) is 5.32 Å². The number of nitrogens with one attached hydrogen (secondary N) is 1. The quantitative estimate of drug-likeness (QED) is 0.596. The van der Waals surface area contributed by atoms with Crippen molar-refractivity contribution in [1.82, 2.24) is 5.32 Å². The van der Waals surface area contributed by atoms with Gasteiger partial charge in [-0.25, -0.2) is 0 Å². The first-order chi connectivity index (χ1) is 8.60. The van der Waals surface area contributed by atoms with Gasteiger partial charge in [0.25, 0.3) is 5.69 Å². The highest BCUT2D eigenvalue weighted by molar-refractivity contribution is 5.44. The van der Waals surface area contributed by atoms with Crippen molar-refractivity contribution in [3.63, 3.8) is 0 Å². The van der Waals surface area contributed by atoms with Crippen molar-refractivity contribution in [3.8, 4) is 0 Å². The zero-order valence-corrected chi connectivity index (χ0v) is 11.1. The summed E-state index contributed by atoms with van der Waals surface area (Å²) >= 11 is 0. The fraction of sp³-hybridized carbons (Fsp3) is 0.538. The van der Waals surface area contributed by atoms with Crippen molar-refractivity contribution in [1.29, 1.82) is 0 Å². The molecule has 1 atom stereocenters. The van der Waals surface area contributed by atoms with Gasteiger partial charge in [0.15, 0.2) is 0 Å². The summed E-state index contributed by atoms with van der Waals surface area (Å²) in [5.41, 5.74) is 1.98. The maximum absolute atomic E-state index is 10.8. The van der Waals surface area contributed by atoms with Crippen molar-refractivity contribution >= 4 is 5.69 Å². The number of nitrogens with zero attached hydrogens (tertiary/aromatic N) is 1. The normalized spacial score (nSPS) is 12.4. The van der Waals surface area contributed by atoms with Crippen molar-refractivity contribution in [3.05, 3.63) is 39.4 Å². The van der Waals surface area contributed by atoms with E-state index in [0.717, 1.165) is 24.0 Å². The maximum Gasteiger partial charge on any atom is 0.272 e. The van der Waals surface area contributed by atoms with E-state index < -0.39 is 0 Å². The molecule has 0 amide bonds. The Balaban J connectivity index is 2.73. The average Bonchev–Trinajstić information content (AvgIpc) is 2.35. The van der Waals surface area contributed by atoms with Crippen LogP contribution < -0.4 is 5.32 Å². The van der Waals surface area contributed by atoms with Crippen LogP contribution in [0.2, 0.25) is 0 Å². The Morgan fingerprint density at radius 1 is 1.50 bits per heavy atom. The molecule has 0 fully saturated rings. The molecule has 18 heavy (non-hydrogen) atoms. The van der Waals surface area contributed by atoms with Gasteiger partial charge in [-0.05, 0) is 32.4 Å². The van der Waals surface area contributed by atoms with Gasteiger partial charge in [0, 0.05) is 24.8 Å². The van der Waals surface area contributed by atoms with Gasteiger partial charge in [-0.15, -0.1) is 0 Å². The average molecular weight is 252 g/mol. The lowest BCUT2D eigenvalue weighted by Gasteiger charge is -2.15. The summed E-state index contributed by atoms with van der Waals surface area (Å²) in [6.45, 7) is 2.45. The van der Waals surface area contributed by atoms with Crippen LogP contribution in [-0.2, 0) is 11.2 Å². The second-order valence-corrected chi connectivity index (χ2v) is 4.30. The summed E-state index contributed by atoms with van der Waals surface area (Å²) in [4.78, 5) is 10.5. The minimum absolute atomic E-state index is 0.195. The number of benzene rings is 1. The second-order valence-electron chi connectivity index (χ2n) is 4.30. The molecule has 5 heteroatoms. The first-order valence-corrected chi connectivity index (χ1v) is 5.99. The molecule has 0 spiro atoms. The van der Waals surface area contributed by atoms with Crippen LogP contribution >= 0.6 is 0 Å². The molecule has 0 aliphatic heterocycles. The molecule has 0 aliphatic carbocycles. The van der Waals surface area contributed by atoms with E-state index in [-0.39, 0.29) is 16.7 Å². The molecule has 0 saturated carbocycles. The highest BCUT2D eigenvalue weighted by Gasteiger charge is 2.14. The Morgan fingerprint density at radius 2 is 2.22 bits per heavy atom. The zero-order chi connectivity index (χ0) is 13.5. The van der Waals surface area contributed by atoms with E-state index in [9.17, 15) is 10.1 Å². The monoisotopic (exact) mass is 252 g/mol. The summed E-state index contributed by atoms with van der Waals surface area (Å²) < 4.78 is 5.10. The Bertz CT molecular complexity index is 407. The van der Waals surface area contributed by atoms with Crippen molar-refractivity contribution < 1.29 is 9.66 Å². The van der Waals surface area contributed by atoms with Crippen LogP contribution in [0, 0.1) is 17.0 Å². The molecule has 0 radical (unpaired) electrons. The number of methoxy groups -OCH3 is 1. The molecule has 100 valence electrons. The van der Waals surface area contributed by atoms with E-state index >= 15 is 0 Å². The van der Waals surface area contributed by atoms with Gasteiger partial charge >= 0.3 is 0 Å². The minimum atomic E-state index is -0.330. The molecule has 0 bridgehead atoms. The fourth-order valence-electron chi connectivity index (χ4n) is 1.98. The van der Waals surface area contributed by atoms with Crippen molar-refractivity contribution in [2.45, 2.75) is 25.8 Å². The first-order valence-electron chi connectivity index (χ1n) is 5.99.